The van der Waals surface area contributed by atoms with Gasteiger partial charge in [0.2, 0.25) is 0 Å². The third kappa shape index (κ3) is 2.47. The maximum atomic E-state index is 13.1. The molecule has 0 fully saturated rings. The van der Waals surface area contributed by atoms with Gasteiger partial charge in [0.25, 0.3) is 5.91 Å². The van der Waals surface area contributed by atoms with Crippen LogP contribution in [0.3, 0.4) is 0 Å². The van der Waals surface area contributed by atoms with Crippen LogP contribution in [0.2, 0.25) is 0 Å². The highest BCUT2D eigenvalue weighted by Crippen LogP contribution is 2.35. The predicted molar refractivity (Wildman–Crippen MR) is 85.7 cm³/mol. The number of benzene rings is 2. The number of nitrogens with one attached hydrogen (secondary N) is 2. The van der Waals surface area contributed by atoms with E-state index in [-0.39, 0.29) is 10.5 Å². The van der Waals surface area contributed by atoms with Gasteiger partial charge in [0.05, 0.1) is 16.0 Å². The summed E-state index contributed by atoms with van der Waals surface area (Å²) in [6, 6.07) is 9.69. The molecule has 5 nitrogen and oxygen atoms in total. The standard InChI is InChI=1S/C16H10F3N3O2S/c17-16(18,19)9-5-6-14-11(7-9)15(23)22-25(14,24)21-13-8-20-12-4-2-1-3-10(12)13/h1-8,20H,(H,21,22,23,24). The molecule has 1 aliphatic rings. The van der Waals surface area contributed by atoms with Gasteiger partial charge in [-0.3, -0.25) is 9.52 Å². The number of fused-ring (bicyclic) bond motifs is 2. The van der Waals surface area contributed by atoms with Gasteiger partial charge >= 0.3 is 6.18 Å². The van der Waals surface area contributed by atoms with Crippen molar-refractivity contribution in [3.05, 3.63) is 59.8 Å². The number of H-pyrrole nitrogens is 1. The van der Waals surface area contributed by atoms with Crippen LogP contribution in [-0.4, -0.2) is 15.1 Å². The van der Waals surface area contributed by atoms with Crippen LogP contribution in [0.25, 0.3) is 10.9 Å². The van der Waals surface area contributed by atoms with Crippen LogP contribution in [0.1, 0.15) is 15.9 Å². The van der Waals surface area contributed by atoms with Gasteiger partial charge in [-0.1, -0.05) is 18.2 Å². The van der Waals surface area contributed by atoms with Crippen LogP contribution in [0.15, 0.2) is 57.9 Å². The largest absolute Gasteiger partial charge is 0.416 e. The lowest BCUT2D eigenvalue weighted by atomic mass is 10.1. The highest BCUT2D eigenvalue weighted by molar-refractivity contribution is 7.93. The molecule has 0 spiro atoms. The first-order valence-corrected chi connectivity index (χ1v) is 8.66. The molecule has 1 atom stereocenters. The van der Waals surface area contributed by atoms with Crippen LogP contribution >= 0.6 is 0 Å². The second kappa shape index (κ2) is 5.09. The van der Waals surface area contributed by atoms with Crippen molar-refractivity contribution in [1.29, 1.82) is 0 Å². The maximum absolute atomic E-state index is 13.1. The molecular formula is C16H10F3N3O2S. The summed E-state index contributed by atoms with van der Waals surface area (Å²) in [4.78, 5) is 14.9. The number of aromatic amines is 1. The number of amides is 1. The summed E-state index contributed by atoms with van der Waals surface area (Å²) in [6.45, 7) is 0. The zero-order chi connectivity index (χ0) is 17.8. The monoisotopic (exact) mass is 365 g/mol. The van der Waals surface area contributed by atoms with Crippen molar-refractivity contribution in [2.24, 2.45) is 4.36 Å². The third-order valence-corrected chi connectivity index (χ3v) is 5.74. The maximum Gasteiger partial charge on any atom is 0.416 e. The first-order chi connectivity index (χ1) is 11.8. The lowest BCUT2D eigenvalue weighted by Crippen LogP contribution is -2.20. The van der Waals surface area contributed by atoms with Crippen LogP contribution in [0, 0.1) is 0 Å². The minimum absolute atomic E-state index is 0.0456. The summed E-state index contributed by atoms with van der Waals surface area (Å²) in [7, 11) is -3.40. The number of carbonyl (C=O) groups excluding carboxylic acids is 1. The molecule has 0 saturated carbocycles. The topological polar surface area (TPSA) is 74.3 Å². The minimum Gasteiger partial charge on any atom is -0.359 e. The molecule has 1 amide bonds. The first-order valence-electron chi connectivity index (χ1n) is 7.14. The Morgan fingerprint density at radius 3 is 2.60 bits per heavy atom. The van der Waals surface area contributed by atoms with Gasteiger partial charge in [0.1, 0.15) is 5.69 Å². The fraction of sp³-hybridized carbons (Fsp3) is 0.0625. The van der Waals surface area contributed by atoms with Gasteiger partial charge < -0.3 is 4.98 Å². The summed E-state index contributed by atoms with van der Waals surface area (Å²) < 4.78 is 57.9. The summed E-state index contributed by atoms with van der Waals surface area (Å²) in [5, 5.41) is 0.694. The summed E-state index contributed by atoms with van der Waals surface area (Å²) >= 11 is 0. The molecule has 2 N–H and O–H groups in total. The lowest BCUT2D eigenvalue weighted by Gasteiger charge is -2.07. The van der Waals surface area contributed by atoms with E-state index in [0.29, 0.717) is 17.1 Å². The molecule has 1 unspecified atom stereocenters. The molecule has 1 aliphatic heterocycles. The zero-order valence-electron chi connectivity index (χ0n) is 12.4. The quantitative estimate of drug-likeness (QED) is 0.684. The first kappa shape index (κ1) is 15.7. The summed E-state index contributed by atoms with van der Waals surface area (Å²) in [6.07, 6.45) is -3.06. The van der Waals surface area contributed by atoms with Gasteiger partial charge in [-0.25, -0.2) is 4.21 Å². The van der Waals surface area contributed by atoms with Crippen molar-refractivity contribution < 1.29 is 22.2 Å². The lowest BCUT2D eigenvalue weighted by molar-refractivity contribution is -0.137. The molecule has 1 aromatic heterocycles. The van der Waals surface area contributed by atoms with E-state index in [1.165, 1.54) is 6.20 Å². The van der Waals surface area contributed by atoms with Crippen molar-refractivity contribution in [1.82, 2.24) is 9.71 Å². The smallest absolute Gasteiger partial charge is 0.359 e. The Hall–Kier alpha value is -2.81. The zero-order valence-corrected chi connectivity index (χ0v) is 13.2. The van der Waals surface area contributed by atoms with Crippen molar-refractivity contribution in [3.63, 3.8) is 0 Å². The number of rotatable bonds is 1. The van der Waals surface area contributed by atoms with Crippen molar-refractivity contribution in [2.75, 3.05) is 0 Å². The number of halogens is 3. The highest BCUT2D eigenvalue weighted by Gasteiger charge is 2.36. The Balaban J connectivity index is 1.91. The molecule has 0 saturated heterocycles. The molecular weight excluding hydrogens is 355 g/mol. The number of para-hydroxylation sites is 1. The molecule has 0 bridgehead atoms. The second-order valence-corrected chi connectivity index (χ2v) is 7.35. The van der Waals surface area contributed by atoms with Crippen molar-refractivity contribution in [3.8, 4) is 0 Å². The number of nitrogens with zero attached hydrogens (tertiary/aromatic N) is 1. The Kier molecular flexibility index (Phi) is 3.20. The summed E-state index contributed by atoms with van der Waals surface area (Å²) in [5.74, 6) is -0.838. The van der Waals surface area contributed by atoms with Crippen LogP contribution in [0.4, 0.5) is 18.9 Å². The van der Waals surface area contributed by atoms with Crippen molar-refractivity contribution in [2.45, 2.75) is 11.1 Å². The summed E-state index contributed by atoms with van der Waals surface area (Å²) in [5.41, 5.74) is -0.129. The van der Waals surface area contributed by atoms with E-state index in [1.54, 1.807) is 18.2 Å². The fourth-order valence-electron chi connectivity index (χ4n) is 2.70. The number of hydrogen-bond acceptors (Lipinski definition) is 3. The molecule has 0 aliphatic carbocycles. The minimum atomic E-state index is -4.59. The van der Waals surface area contributed by atoms with Crippen LogP contribution < -0.4 is 4.72 Å². The highest BCUT2D eigenvalue weighted by atomic mass is 32.2. The molecule has 9 heteroatoms. The van der Waals surface area contributed by atoms with E-state index < -0.39 is 27.6 Å². The second-order valence-electron chi connectivity index (χ2n) is 5.48. The van der Waals surface area contributed by atoms with Gasteiger partial charge in [-0.05, 0) is 24.3 Å². The SMILES string of the molecule is O=C1NS(=O)(=Nc2c[nH]c3ccccc23)c2ccc(C(F)(F)F)cc21. The van der Waals surface area contributed by atoms with Gasteiger partial charge in [0.15, 0.2) is 9.92 Å². The van der Waals surface area contributed by atoms with E-state index in [9.17, 15) is 22.2 Å². The third-order valence-electron chi connectivity index (χ3n) is 3.87. The Bertz CT molecular complexity index is 1140. The van der Waals surface area contributed by atoms with E-state index in [0.717, 1.165) is 17.6 Å². The molecule has 25 heavy (non-hydrogen) atoms. The molecule has 128 valence electrons. The molecule has 2 heterocycles. The average molecular weight is 365 g/mol. The Morgan fingerprint density at radius 1 is 1.08 bits per heavy atom. The van der Waals surface area contributed by atoms with Gasteiger partial charge in [0, 0.05) is 17.1 Å². The predicted octanol–water partition coefficient (Wildman–Crippen LogP) is 4.00. The van der Waals surface area contributed by atoms with Gasteiger partial charge in [-0.2, -0.15) is 17.5 Å². The molecule has 4 rings (SSSR count). The van der Waals surface area contributed by atoms with E-state index in [4.69, 9.17) is 0 Å². The van der Waals surface area contributed by atoms with Crippen LogP contribution in [-0.2, 0) is 16.1 Å². The molecule has 2 aromatic carbocycles. The average Bonchev–Trinajstić information content (AvgIpc) is 3.06. The van der Waals surface area contributed by atoms with Crippen molar-refractivity contribution >= 4 is 32.4 Å². The van der Waals surface area contributed by atoms with E-state index >= 15 is 0 Å². The van der Waals surface area contributed by atoms with E-state index in [2.05, 4.69) is 14.1 Å². The Morgan fingerprint density at radius 2 is 1.84 bits per heavy atom. The molecule has 0 radical (unpaired) electrons. The fourth-order valence-corrected chi connectivity index (χ4v) is 4.45. The number of carbonyl (C=O) groups is 1. The number of hydrogen-bond donors (Lipinski definition) is 2. The van der Waals surface area contributed by atoms with E-state index in [1.807, 2.05) is 6.07 Å². The van der Waals surface area contributed by atoms with Crippen LogP contribution in [0.5, 0.6) is 0 Å². The Labute approximate surface area is 140 Å². The number of alkyl halides is 3. The number of aromatic nitrogens is 1. The van der Waals surface area contributed by atoms with Gasteiger partial charge in [-0.15, -0.1) is 0 Å². The molecule has 3 aromatic rings. The normalized spacial score (nSPS) is 19.7.